The van der Waals surface area contributed by atoms with Gasteiger partial charge in [-0.15, -0.1) is 11.3 Å². The lowest BCUT2D eigenvalue weighted by molar-refractivity contribution is 0.802. The Morgan fingerprint density at radius 2 is 0.803 bits per heavy atom. The van der Waals surface area contributed by atoms with E-state index in [9.17, 15) is 0 Å². The maximum Gasteiger partial charge on any atom is 0.0740 e. The number of thiophene rings is 1. The standard InChI is InChI=1S/C73H50N2S/c1-47-16-13-22-55(44-47)74(53-34-30-51(31-35-53)49-18-5-3-6-19-49)57-38-39-60-63-40-41-64-70-62-26-15-29-68(75(56-23-14-17-48(2)45-56)54-36-32-52(33-37-54)50-20-7-4-8-21-50)61(62)42-43-69(70)76-72(64)71(63)73(67(60)46-57)65-27-11-9-24-58(65)59-25-10-12-28-66(59)73/h3-46H,1-2H3. The number of hydrogen-bond donors (Lipinski definition) is 0. The lowest BCUT2D eigenvalue weighted by Crippen LogP contribution is -2.26. The molecule has 358 valence electrons. The Morgan fingerprint density at radius 1 is 0.316 bits per heavy atom. The highest BCUT2D eigenvalue weighted by molar-refractivity contribution is 7.26. The highest BCUT2D eigenvalue weighted by Gasteiger charge is 2.53. The number of benzene rings is 12. The lowest BCUT2D eigenvalue weighted by atomic mass is 9.70. The second-order valence-electron chi connectivity index (χ2n) is 20.5. The first-order chi connectivity index (χ1) is 37.5. The average molecular weight is 987 g/mol. The zero-order valence-corrected chi connectivity index (χ0v) is 43.0. The van der Waals surface area contributed by atoms with Gasteiger partial charge in [-0.2, -0.15) is 0 Å². The molecule has 0 saturated heterocycles. The summed E-state index contributed by atoms with van der Waals surface area (Å²) in [6.07, 6.45) is 0. The summed E-state index contributed by atoms with van der Waals surface area (Å²) in [7, 11) is 0. The Bertz CT molecular complexity index is 4370. The van der Waals surface area contributed by atoms with E-state index in [2.05, 4.69) is 291 Å². The van der Waals surface area contributed by atoms with Crippen LogP contribution >= 0.6 is 11.3 Å². The quantitative estimate of drug-likeness (QED) is 0.150. The van der Waals surface area contributed by atoms with Crippen molar-refractivity contribution in [1.29, 1.82) is 0 Å². The molecule has 0 radical (unpaired) electrons. The van der Waals surface area contributed by atoms with Crippen LogP contribution in [0, 0.1) is 13.8 Å². The highest BCUT2D eigenvalue weighted by atomic mass is 32.1. The van der Waals surface area contributed by atoms with Crippen molar-refractivity contribution in [2.75, 3.05) is 9.80 Å². The molecule has 0 fully saturated rings. The maximum atomic E-state index is 2.52. The predicted molar refractivity (Wildman–Crippen MR) is 323 cm³/mol. The second kappa shape index (κ2) is 17.4. The molecule has 2 aliphatic carbocycles. The third kappa shape index (κ3) is 6.72. The first-order valence-electron chi connectivity index (χ1n) is 26.3. The number of nitrogens with zero attached hydrogens (tertiary/aromatic N) is 2. The highest BCUT2D eigenvalue weighted by Crippen LogP contribution is 2.66. The zero-order chi connectivity index (χ0) is 50.5. The van der Waals surface area contributed by atoms with Crippen molar-refractivity contribution >= 4 is 76.4 Å². The Morgan fingerprint density at radius 3 is 1.42 bits per heavy atom. The minimum atomic E-state index is -0.571. The van der Waals surface area contributed by atoms with Gasteiger partial charge in [-0.1, -0.05) is 194 Å². The molecule has 76 heavy (non-hydrogen) atoms. The van der Waals surface area contributed by atoms with Gasteiger partial charge < -0.3 is 9.80 Å². The third-order valence-corrected chi connectivity index (χ3v) is 17.3. The Balaban J connectivity index is 0.948. The number of hydrogen-bond acceptors (Lipinski definition) is 3. The molecular weight excluding hydrogens is 937 g/mol. The fourth-order valence-electron chi connectivity index (χ4n) is 12.9. The van der Waals surface area contributed by atoms with Gasteiger partial charge in [0.1, 0.15) is 0 Å². The summed E-state index contributed by atoms with van der Waals surface area (Å²) in [6, 6.07) is 99.4. The van der Waals surface area contributed by atoms with Gasteiger partial charge in [0, 0.05) is 54.0 Å². The Labute approximate surface area is 447 Å². The third-order valence-electron chi connectivity index (χ3n) is 16.1. The van der Waals surface area contributed by atoms with Crippen molar-refractivity contribution in [3.05, 3.63) is 300 Å². The van der Waals surface area contributed by atoms with Crippen LogP contribution in [-0.2, 0) is 5.41 Å². The topological polar surface area (TPSA) is 6.48 Å². The van der Waals surface area contributed by atoms with Crippen LogP contribution in [0.5, 0.6) is 0 Å². The van der Waals surface area contributed by atoms with E-state index in [1.165, 1.54) is 109 Å². The van der Waals surface area contributed by atoms with E-state index in [-0.39, 0.29) is 0 Å². The van der Waals surface area contributed by atoms with Crippen LogP contribution in [0.3, 0.4) is 0 Å². The van der Waals surface area contributed by atoms with E-state index in [0.717, 1.165) is 34.1 Å². The van der Waals surface area contributed by atoms with Crippen LogP contribution < -0.4 is 9.80 Å². The molecule has 2 nitrogen and oxygen atoms in total. The summed E-state index contributed by atoms with van der Waals surface area (Å²) in [5.74, 6) is 0. The largest absolute Gasteiger partial charge is 0.310 e. The smallest absolute Gasteiger partial charge is 0.0740 e. The molecule has 0 saturated carbocycles. The molecule has 0 N–H and O–H groups in total. The zero-order valence-electron chi connectivity index (χ0n) is 42.2. The minimum absolute atomic E-state index is 0.571. The fraction of sp³-hybridized carbons (Fsp3) is 0.0411. The summed E-state index contributed by atoms with van der Waals surface area (Å²) in [6.45, 7) is 4.37. The molecule has 0 bridgehead atoms. The van der Waals surface area contributed by atoms with Gasteiger partial charge in [0.15, 0.2) is 0 Å². The van der Waals surface area contributed by atoms with E-state index >= 15 is 0 Å². The summed E-state index contributed by atoms with van der Waals surface area (Å²) >= 11 is 1.95. The van der Waals surface area contributed by atoms with Gasteiger partial charge in [0.2, 0.25) is 0 Å². The summed E-state index contributed by atoms with van der Waals surface area (Å²) in [5.41, 5.74) is 24.1. The van der Waals surface area contributed by atoms with Gasteiger partial charge in [-0.3, -0.25) is 0 Å². The number of aryl methyl sites for hydroxylation is 2. The van der Waals surface area contributed by atoms with Crippen LogP contribution in [0.15, 0.2) is 267 Å². The molecular formula is C73H50N2S. The molecule has 0 atom stereocenters. The molecule has 15 rings (SSSR count). The van der Waals surface area contributed by atoms with Gasteiger partial charge in [0.05, 0.1) is 11.1 Å². The molecule has 0 unspecified atom stereocenters. The number of rotatable bonds is 8. The lowest BCUT2D eigenvalue weighted by Gasteiger charge is -2.32. The van der Waals surface area contributed by atoms with Gasteiger partial charge in [-0.25, -0.2) is 0 Å². The molecule has 12 aromatic carbocycles. The SMILES string of the molecule is Cc1cccc(N(c2ccc(-c3ccccc3)cc2)c2ccc3c(c2)C2(c4ccccc4-c4ccccc42)c2c-3ccc3c2sc2ccc4c(N(c5ccc(-c6ccccc6)cc5)c5cccc(C)c5)cccc4c23)c1. The van der Waals surface area contributed by atoms with E-state index in [0.29, 0.717) is 0 Å². The molecule has 1 heterocycles. The second-order valence-corrected chi connectivity index (χ2v) is 21.6. The summed E-state index contributed by atoms with van der Waals surface area (Å²) in [5, 5.41) is 5.08. The van der Waals surface area contributed by atoms with E-state index in [4.69, 9.17) is 0 Å². The van der Waals surface area contributed by atoms with Crippen molar-refractivity contribution in [2.45, 2.75) is 19.3 Å². The molecule has 1 spiro atoms. The fourth-order valence-corrected chi connectivity index (χ4v) is 14.2. The van der Waals surface area contributed by atoms with Crippen molar-refractivity contribution in [2.24, 2.45) is 0 Å². The molecule has 0 amide bonds. The number of anilines is 6. The van der Waals surface area contributed by atoms with Crippen molar-refractivity contribution < 1.29 is 0 Å². The van der Waals surface area contributed by atoms with Crippen molar-refractivity contribution in [3.8, 4) is 44.5 Å². The Hall–Kier alpha value is -9.28. The molecule has 3 heteroatoms. The van der Waals surface area contributed by atoms with E-state index in [1.54, 1.807) is 0 Å². The Kier molecular flexibility index (Phi) is 10.1. The van der Waals surface area contributed by atoms with Crippen molar-refractivity contribution in [1.82, 2.24) is 0 Å². The van der Waals surface area contributed by atoms with Crippen LogP contribution in [0.1, 0.15) is 33.4 Å². The molecule has 0 aliphatic heterocycles. The average Bonchev–Trinajstić information content (AvgIpc) is 4.12. The molecule has 2 aliphatic rings. The van der Waals surface area contributed by atoms with E-state index < -0.39 is 5.41 Å². The first-order valence-corrected chi connectivity index (χ1v) is 27.1. The van der Waals surface area contributed by atoms with Crippen LogP contribution in [0.4, 0.5) is 34.1 Å². The van der Waals surface area contributed by atoms with Gasteiger partial charge in [-0.05, 0) is 170 Å². The van der Waals surface area contributed by atoms with Gasteiger partial charge in [0.25, 0.3) is 0 Å². The minimum Gasteiger partial charge on any atom is -0.310 e. The predicted octanol–water partition coefficient (Wildman–Crippen LogP) is 20.4. The van der Waals surface area contributed by atoms with Crippen LogP contribution in [0.2, 0.25) is 0 Å². The van der Waals surface area contributed by atoms with Crippen LogP contribution in [0.25, 0.3) is 75.5 Å². The summed E-state index contributed by atoms with van der Waals surface area (Å²) in [4.78, 5) is 4.89. The van der Waals surface area contributed by atoms with Gasteiger partial charge >= 0.3 is 0 Å². The maximum absolute atomic E-state index is 2.52. The van der Waals surface area contributed by atoms with Crippen molar-refractivity contribution in [3.63, 3.8) is 0 Å². The van der Waals surface area contributed by atoms with E-state index in [1.807, 2.05) is 11.3 Å². The number of fused-ring (bicyclic) bond motifs is 16. The molecule has 13 aromatic rings. The van der Waals surface area contributed by atoms with Crippen LogP contribution in [-0.4, -0.2) is 0 Å². The molecule has 1 aromatic heterocycles. The monoisotopic (exact) mass is 986 g/mol. The normalized spacial score (nSPS) is 12.7. The first kappa shape index (κ1) is 44.2. The summed E-state index contributed by atoms with van der Waals surface area (Å²) < 4.78 is 2.63.